The minimum atomic E-state index is -0.232. The summed E-state index contributed by atoms with van der Waals surface area (Å²) in [5.41, 5.74) is 0. The maximum Gasteiger partial charge on any atom is 0.315 e. The van der Waals surface area contributed by atoms with Crippen molar-refractivity contribution in [1.82, 2.24) is 21.3 Å². The molecule has 0 radical (unpaired) electrons. The molecule has 1 unspecified atom stereocenters. The van der Waals surface area contributed by atoms with Crippen molar-refractivity contribution in [3.8, 4) is 0 Å². The normalized spacial score (nSPS) is 28.1. The Labute approximate surface area is 181 Å². The molecular weight excluding hydrogens is 383 g/mol. The SMILES string of the molecule is BC[C@H](O)CCCCNC(=O)N[C@@H]1CCCC(NC(=O)NC2CCC(O)CC2)CC1. The van der Waals surface area contributed by atoms with Crippen molar-refractivity contribution >= 4 is 19.9 Å². The molecule has 0 aromatic rings. The van der Waals surface area contributed by atoms with Crippen LogP contribution < -0.4 is 21.3 Å². The third kappa shape index (κ3) is 10.0. The Hall–Kier alpha value is -1.48. The molecule has 8 nitrogen and oxygen atoms in total. The van der Waals surface area contributed by atoms with Gasteiger partial charge in [0.2, 0.25) is 0 Å². The Morgan fingerprint density at radius 2 is 1.37 bits per heavy atom. The lowest BCUT2D eigenvalue weighted by Gasteiger charge is -2.27. The molecule has 0 saturated heterocycles. The second kappa shape index (κ2) is 13.8. The standard InChI is InChI=1S/C21H41BN4O4/c22-14-19(28)6-1-2-13-23-20(29)24-15-4-3-5-16(8-7-15)25-21(30)26-17-9-11-18(27)12-10-17/h15-19,27-28H,1-14,22H2,(H2,23,24,29)(H2,25,26,30)/t15-,16?,17?,18?,19-/m1/s1. The van der Waals surface area contributed by atoms with Gasteiger partial charge in [-0.05, 0) is 77.0 Å². The van der Waals surface area contributed by atoms with Crippen LogP contribution in [0.15, 0.2) is 0 Å². The zero-order chi connectivity index (χ0) is 21.8. The van der Waals surface area contributed by atoms with Crippen molar-refractivity contribution < 1.29 is 19.8 Å². The molecule has 0 spiro atoms. The number of hydrogen-bond donors (Lipinski definition) is 6. The molecule has 6 N–H and O–H groups in total. The molecule has 0 heterocycles. The molecule has 2 fully saturated rings. The van der Waals surface area contributed by atoms with Crippen LogP contribution in [-0.4, -0.2) is 67.0 Å². The number of rotatable bonds is 9. The molecule has 2 saturated carbocycles. The molecule has 172 valence electrons. The van der Waals surface area contributed by atoms with Crippen LogP contribution in [0.5, 0.6) is 0 Å². The van der Waals surface area contributed by atoms with E-state index in [1.165, 1.54) is 0 Å². The van der Waals surface area contributed by atoms with Gasteiger partial charge in [0.1, 0.15) is 7.85 Å². The number of nitrogens with one attached hydrogen (secondary N) is 4. The summed E-state index contributed by atoms with van der Waals surface area (Å²) in [7, 11) is 1.97. The highest BCUT2D eigenvalue weighted by atomic mass is 16.3. The van der Waals surface area contributed by atoms with E-state index in [1.54, 1.807) is 0 Å². The highest BCUT2D eigenvalue weighted by molar-refractivity contribution is 6.08. The van der Waals surface area contributed by atoms with Crippen molar-refractivity contribution in [2.24, 2.45) is 0 Å². The first-order valence-electron chi connectivity index (χ1n) is 11.9. The van der Waals surface area contributed by atoms with E-state index in [2.05, 4.69) is 21.3 Å². The summed E-state index contributed by atoms with van der Waals surface area (Å²) in [5, 5.41) is 31.2. The van der Waals surface area contributed by atoms with Crippen LogP contribution in [0.2, 0.25) is 6.32 Å². The number of aliphatic hydroxyl groups excluding tert-OH is 2. The Kier molecular flexibility index (Phi) is 11.4. The van der Waals surface area contributed by atoms with Crippen LogP contribution in [0.3, 0.4) is 0 Å². The number of unbranched alkanes of at least 4 members (excludes halogenated alkanes) is 1. The Morgan fingerprint density at radius 1 is 0.833 bits per heavy atom. The van der Waals surface area contributed by atoms with E-state index in [1.807, 2.05) is 7.85 Å². The summed E-state index contributed by atoms with van der Waals surface area (Å²) >= 11 is 0. The summed E-state index contributed by atoms with van der Waals surface area (Å²) < 4.78 is 0. The highest BCUT2D eigenvalue weighted by Gasteiger charge is 2.24. The van der Waals surface area contributed by atoms with Crippen molar-refractivity contribution in [3.63, 3.8) is 0 Å². The van der Waals surface area contributed by atoms with E-state index in [-0.39, 0.29) is 42.4 Å². The lowest BCUT2D eigenvalue weighted by atomic mass is 9.93. The fourth-order valence-electron chi connectivity index (χ4n) is 4.37. The molecule has 0 aliphatic heterocycles. The van der Waals surface area contributed by atoms with Gasteiger partial charge in [0, 0.05) is 30.8 Å². The molecule has 9 heteroatoms. The van der Waals surface area contributed by atoms with E-state index < -0.39 is 0 Å². The lowest BCUT2D eigenvalue weighted by Crippen LogP contribution is -2.47. The molecule has 4 amide bonds. The van der Waals surface area contributed by atoms with Gasteiger partial charge in [-0.15, -0.1) is 0 Å². The van der Waals surface area contributed by atoms with Gasteiger partial charge in [0.15, 0.2) is 0 Å². The van der Waals surface area contributed by atoms with Crippen LogP contribution in [-0.2, 0) is 0 Å². The third-order valence-corrected chi connectivity index (χ3v) is 6.39. The second-order valence-electron chi connectivity index (χ2n) is 8.98. The van der Waals surface area contributed by atoms with Crippen molar-refractivity contribution in [2.45, 2.75) is 114 Å². The zero-order valence-corrected chi connectivity index (χ0v) is 18.5. The molecule has 2 aliphatic carbocycles. The summed E-state index contributed by atoms with van der Waals surface area (Å²) in [4.78, 5) is 24.4. The predicted molar refractivity (Wildman–Crippen MR) is 120 cm³/mol. The molecular formula is C21H41BN4O4. The van der Waals surface area contributed by atoms with Crippen LogP contribution in [0.1, 0.15) is 77.0 Å². The van der Waals surface area contributed by atoms with Gasteiger partial charge < -0.3 is 31.5 Å². The second-order valence-corrected chi connectivity index (χ2v) is 8.98. The van der Waals surface area contributed by atoms with Crippen LogP contribution in [0, 0.1) is 0 Å². The number of carbonyl (C=O) groups excluding carboxylic acids is 2. The largest absolute Gasteiger partial charge is 0.394 e. The smallest absolute Gasteiger partial charge is 0.315 e. The van der Waals surface area contributed by atoms with E-state index in [0.717, 1.165) is 83.4 Å². The van der Waals surface area contributed by atoms with E-state index in [9.17, 15) is 19.8 Å². The summed E-state index contributed by atoms with van der Waals surface area (Å²) in [6.45, 7) is 0.623. The van der Waals surface area contributed by atoms with Crippen LogP contribution in [0.25, 0.3) is 0 Å². The molecule has 0 bridgehead atoms. The average Bonchev–Trinajstić information content (AvgIpc) is 2.94. The summed E-state index contributed by atoms with van der Waals surface area (Å²) in [6, 6.07) is 0.196. The Morgan fingerprint density at radius 3 is 1.97 bits per heavy atom. The van der Waals surface area contributed by atoms with Gasteiger partial charge >= 0.3 is 12.1 Å². The van der Waals surface area contributed by atoms with Crippen molar-refractivity contribution in [1.29, 1.82) is 0 Å². The number of urea groups is 2. The quantitative estimate of drug-likeness (QED) is 0.189. The molecule has 2 rings (SSSR count). The number of aliphatic hydroxyl groups is 2. The lowest BCUT2D eigenvalue weighted by molar-refractivity contribution is 0.117. The molecule has 2 aliphatic rings. The average molecular weight is 424 g/mol. The molecule has 0 aromatic heterocycles. The maximum atomic E-state index is 12.3. The van der Waals surface area contributed by atoms with E-state index in [4.69, 9.17) is 0 Å². The van der Waals surface area contributed by atoms with Gasteiger partial charge in [0.05, 0.1) is 6.10 Å². The Bertz CT molecular complexity index is 517. The fourth-order valence-corrected chi connectivity index (χ4v) is 4.37. The van der Waals surface area contributed by atoms with Gasteiger partial charge in [-0.3, -0.25) is 0 Å². The highest BCUT2D eigenvalue weighted by Crippen LogP contribution is 2.20. The number of amides is 4. The summed E-state index contributed by atoms with van der Waals surface area (Å²) in [5.74, 6) is 0. The minimum absolute atomic E-state index is 0.112. The van der Waals surface area contributed by atoms with E-state index in [0.29, 0.717) is 6.54 Å². The fraction of sp³-hybridized carbons (Fsp3) is 0.905. The number of carbonyl (C=O) groups is 2. The van der Waals surface area contributed by atoms with Crippen LogP contribution >= 0.6 is 0 Å². The molecule has 0 aromatic carbocycles. The first-order valence-corrected chi connectivity index (χ1v) is 11.9. The predicted octanol–water partition coefficient (Wildman–Crippen LogP) is 1.17. The van der Waals surface area contributed by atoms with Crippen molar-refractivity contribution in [3.05, 3.63) is 0 Å². The van der Waals surface area contributed by atoms with Gasteiger partial charge in [-0.25, -0.2) is 9.59 Å². The first kappa shape index (κ1) is 24.8. The van der Waals surface area contributed by atoms with Crippen LogP contribution in [0.4, 0.5) is 9.59 Å². The summed E-state index contributed by atoms with van der Waals surface area (Å²) in [6.07, 6.45) is 10.6. The third-order valence-electron chi connectivity index (χ3n) is 6.39. The minimum Gasteiger partial charge on any atom is -0.394 e. The maximum absolute atomic E-state index is 12.3. The molecule has 3 atom stereocenters. The topological polar surface area (TPSA) is 123 Å². The van der Waals surface area contributed by atoms with E-state index >= 15 is 0 Å². The first-order chi connectivity index (χ1) is 14.5. The van der Waals surface area contributed by atoms with Crippen molar-refractivity contribution in [2.75, 3.05) is 6.54 Å². The number of hydrogen-bond acceptors (Lipinski definition) is 4. The monoisotopic (exact) mass is 424 g/mol. The molecule has 30 heavy (non-hydrogen) atoms. The Balaban J connectivity index is 1.57. The van der Waals surface area contributed by atoms with Gasteiger partial charge in [0.25, 0.3) is 0 Å². The zero-order valence-electron chi connectivity index (χ0n) is 18.5. The van der Waals surface area contributed by atoms with Gasteiger partial charge in [-0.1, -0.05) is 6.32 Å². The van der Waals surface area contributed by atoms with Gasteiger partial charge in [-0.2, -0.15) is 0 Å².